The fraction of sp³-hybridized carbons (Fsp3) is 0.500. The molecule has 0 saturated carbocycles. The Morgan fingerprint density at radius 3 is 2.81 bits per heavy atom. The summed E-state index contributed by atoms with van der Waals surface area (Å²) in [6.07, 6.45) is 2.76. The fourth-order valence-corrected chi connectivity index (χ4v) is 2.24. The van der Waals surface area contributed by atoms with Gasteiger partial charge in [-0.15, -0.1) is 0 Å². The molecule has 16 heavy (non-hydrogen) atoms. The molecule has 1 heterocycles. The van der Waals surface area contributed by atoms with E-state index in [1.807, 2.05) is 0 Å². The van der Waals surface area contributed by atoms with Crippen LogP contribution in [0.25, 0.3) is 0 Å². The molecule has 2 N–H and O–H groups in total. The summed E-state index contributed by atoms with van der Waals surface area (Å²) in [7, 11) is 0. The number of alkyl halides is 1. The first-order chi connectivity index (χ1) is 7.69. The van der Waals surface area contributed by atoms with Crippen LogP contribution in [0.1, 0.15) is 36.7 Å². The number of ketones is 1. The van der Waals surface area contributed by atoms with Gasteiger partial charge < -0.3 is 5.73 Å². The predicted octanol–water partition coefficient (Wildman–Crippen LogP) is 3.05. The van der Waals surface area contributed by atoms with Crippen LogP contribution in [-0.4, -0.2) is 16.1 Å². The van der Waals surface area contributed by atoms with Crippen LogP contribution in [0, 0.1) is 5.92 Å². The Kier molecular flexibility index (Phi) is 5.46. The largest absolute Gasteiger partial charge is 0.384 e. The van der Waals surface area contributed by atoms with Gasteiger partial charge in [0.15, 0.2) is 5.78 Å². The first kappa shape index (κ1) is 13.2. The Labute approximate surface area is 105 Å². The van der Waals surface area contributed by atoms with E-state index >= 15 is 0 Å². The highest BCUT2D eigenvalue weighted by atomic mass is 79.9. The number of nitrogens with zero attached hydrogens (tertiary/aromatic N) is 1. The minimum atomic E-state index is 0.0543. The van der Waals surface area contributed by atoms with Crippen LogP contribution in [-0.2, 0) is 0 Å². The maximum absolute atomic E-state index is 12.1. The second kappa shape index (κ2) is 6.63. The monoisotopic (exact) mass is 284 g/mol. The second-order valence-corrected chi connectivity index (χ2v) is 4.57. The van der Waals surface area contributed by atoms with Crippen molar-refractivity contribution in [2.24, 2.45) is 5.92 Å². The lowest BCUT2D eigenvalue weighted by molar-refractivity contribution is 0.0905. The van der Waals surface area contributed by atoms with Crippen molar-refractivity contribution in [3.63, 3.8) is 0 Å². The molecule has 1 atom stereocenters. The summed E-state index contributed by atoms with van der Waals surface area (Å²) in [4.78, 5) is 16.2. The van der Waals surface area contributed by atoms with Crippen LogP contribution in [0.2, 0.25) is 0 Å². The van der Waals surface area contributed by atoms with E-state index in [0.717, 1.165) is 24.6 Å². The summed E-state index contributed by atoms with van der Waals surface area (Å²) < 4.78 is 0. The average molecular weight is 285 g/mol. The van der Waals surface area contributed by atoms with Gasteiger partial charge in [-0.25, -0.2) is 4.98 Å². The molecular formula is C12H17BrN2O. The van der Waals surface area contributed by atoms with Gasteiger partial charge in [-0.05, 0) is 25.0 Å². The van der Waals surface area contributed by atoms with E-state index in [4.69, 9.17) is 5.73 Å². The lowest BCUT2D eigenvalue weighted by Gasteiger charge is -2.12. The van der Waals surface area contributed by atoms with Crippen molar-refractivity contribution in [3.8, 4) is 0 Å². The maximum Gasteiger partial charge on any atom is 0.184 e. The van der Waals surface area contributed by atoms with Gasteiger partial charge in [-0.3, -0.25) is 4.79 Å². The summed E-state index contributed by atoms with van der Waals surface area (Å²) in [5.74, 6) is 0.562. The van der Waals surface area contributed by atoms with E-state index in [1.165, 1.54) is 0 Å². The number of hydrogen-bond acceptors (Lipinski definition) is 3. The zero-order chi connectivity index (χ0) is 12.0. The van der Waals surface area contributed by atoms with Gasteiger partial charge in [0.2, 0.25) is 0 Å². The van der Waals surface area contributed by atoms with Gasteiger partial charge in [0, 0.05) is 11.2 Å². The second-order valence-electron chi connectivity index (χ2n) is 3.78. The highest BCUT2D eigenvalue weighted by molar-refractivity contribution is 9.09. The molecule has 0 spiro atoms. The molecule has 0 radical (unpaired) electrons. The number of nitrogen functional groups attached to an aromatic ring is 1. The molecule has 0 aliphatic rings. The maximum atomic E-state index is 12.1. The van der Waals surface area contributed by atoms with E-state index in [0.29, 0.717) is 11.5 Å². The normalized spacial score (nSPS) is 12.4. The summed E-state index contributed by atoms with van der Waals surface area (Å²) in [5.41, 5.74) is 6.06. The third-order valence-corrected chi connectivity index (χ3v) is 2.95. The van der Waals surface area contributed by atoms with Crippen molar-refractivity contribution in [2.45, 2.75) is 26.2 Å². The van der Waals surface area contributed by atoms with Crippen molar-refractivity contribution in [3.05, 3.63) is 23.9 Å². The average Bonchev–Trinajstić information content (AvgIpc) is 2.28. The molecule has 0 amide bonds. The van der Waals surface area contributed by atoms with Crippen molar-refractivity contribution in [1.82, 2.24) is 4.98 Å². The molecule has 1 aromatic rings. The molecule has 1 aromatic heterocycles. The molecule has 0 saturated heterocycles. The van der Waals surface area contributed by atoms with E-state index in [1.54, 1.807) is 18.2 Å². The molecule has 0 aromatic carbocycles. The number of rotatable bonds is 6. The van der Waals surface area contributed by atoms with Crippen molar-refractivity contribution in [1.29, 1.82) is 0 Å². The zero-order valence-electron chi connectivity index (χ0n) is 9.45. The Bertz CT molecular complexity index is 349. The van der Waals surface area contributed by atoms with Crippen molar-refractivity contribution in [2.75, 3.05) is 11.1 Å². The standard InChI is InChI=1S/C12H17BrN2O/c1-2-4-9(7-8-13)12(16)10-5-3-6-11(14)15-10/h3,5-6,9H,2,4,7-8H2,1H3,(H2,14,15). The van der Waals surface area contributed by atoms with E-state index in [9.17, 15) is 4.79 Å². The first-order valence-corrected chi connectivity index (χ1v) is 6.64. The van der Waals surface area contributed by atoms with Gasteiger partial charge in [-0.2, -0.15) is 0 Å². The minimum absolute atomic E-state index is 0.0543. The quantitative estimate of drug-likeness (QED) is 0.645. The lowest BCUT2D eigenvalue weighted by atomic mass is 9.94. The van der Waals surface area contributed by atoms with Gasteiger partial charge in [0.25, 0.3) is 0 Å². The first-order valence-electron chi connectivity index (χ1n) is 5.51. The number of aromatic nitrogens is 1. The van der Waals surface area contributed by atoms with Crippen LogP contribution < -0.4 is 5.73 Å². The van der Waals surface area contributed by atoms with Crippen molar-refractivity contribution < 1.29 is 4.79 Å². The Morgan fingerprint density at radius 2 is 2.25 bits per heavy atom. The SMILES string of the molecule is CCCC(CCBr)C(=O)c1cccc(N)n1. The lowest BCUT2D eigenvalue weighted by Crippen LogP contribution is -2.17. The number of Topliss-reactive ketones (excluding diaryl/α,β-unsaturated/α-hetero) is 1. The number of carbonyl (C=O) groups excluding carboxylic acids is 1. The smallest absolute Gasteiger partial charge is 0.184 e. The molecule has 4 heteroatoms. The molecule has 0 fully saturated rings. The number of halogens is 1. The summed E-state index contributed by atoms with van der Waals surface area (Å²) >= 11 is 3.38. The molecule has 3 nitrogen and oxygen atoms in total. The van der Waals surface area contributed by atoms with Gasteiger partial charge in [-0.1, -0.05) is 35.3 Å². The molecule has 1 unspecified atom stereocenters. The van der Waals surface area contributed by atoms with Gasteiger partial charge in [0.1, 0.15) is 11.5 Å². The minimum Gasteiger partial charge on any atom is -0.384 e. The van der Waals surface area contributed by atoms with Gasteiger partial charge in [0.05, 0.1) is 0 Å². The summed E-state index contributed by atoms with van der Waals surface area (Å²) in [6.45, 7) is 2.08. The third-order valence-electron chi connectivity index (χ3n) is 2.49. The number of pyridine rings is 1. The fourth-order valence-electron chi connectivity index (χ4n) is 1.68. The van der Waals surface area contributed by atoms with E-state index in [-0.39, 0.29) is 11.7 Å². The zero-order valence-corrected chi connectivity index (χ0v) is 11.0. The molecule has 1 rings (SSSR count). The number of nitrogens with two attached hydrogens (primary N) is 1. The van der Waals surface area contributed by atoms with Gasteiger partial charge >= 0.3 is 0 Å². The Balaban J connectivity index is 2.81. The van der Waals surface area contributed by atoms with Crippen LogP contribution >= 0.6 is 15.9 Å². The Hall–Kier alpha value is -0.900. The summed E-state index contributed by atoms with van der Waals surface area (Å²) in [6, 6.07) is 5.19. The van der Waals surface area contributed by atoms with Crippen LogP contribution in [0.15, 0.2) is 18.2 Å². The van der Waals surface area contributed by atoms with E-state index in [2.05, 4.69) is 27.8 Å². The number of hydrogen-bond donors (Lipinski definition) is 1. The Morgan fingerprint density at radius 1 is 1.50 bits per heavy atom. The van der Waals surface area contributed by atoms with Crippen LogP contribution in [0.4, 0.5) is 5.82 Å². The molecule has 0 bridgehead atoms. The molecular weight excluding hydrogens is 268 g/mol. The van der Waals surface area contributed by atoms with Crippen molar-refractivity contribution >= 4 is 27.5 Å². The number of anilines is 1. The molecule has 0 aliphatic carbocycles. The topological polar surface area (TPSA) is 56.0 Å². The van der Waals surface area contributed by atoms with E-state index < -0.39 is 0 Å². The highest BCUT2D eigenvalue weighted by Crippen LogP contribution is 2.18. The number of carbonyl (C=O) groups is 1. The molecule has 0 aliphatic heterocycles. The molecule has 88 valence electrons. The highest BCUT2D eigenvalue weighted by Gasteiger charge is 2.19. The summed E-state index contributed by atoms with van der Waals surface area (Å²) in [5, 5.41) is 0.839. The van der Waals surface area contributed by atoms with Crippen LogP contribution in [0.5, 0.6) is 0 Å². The van der Waals surface area contributed by atoms with Crippen LogP contribution in [0.3, 0.4) is 0 Å². The predicted molar refractivity (Wildman–Crippen MR) is 69.8 cm³/mol. The third kappa shape index (κ3) is 3.59.